The summed E-state index contributed by atoms with van der Waals surface area (Å²) in [6, 6.07) is 25.7. The van der Waals surface area contributed by atoms with Crippen LogP contribution in [0.3, 0.4) is 0 Å². The van der Waals surface area contributed by atoms with Crippen molar-refractivity contribution in [3.63, 3.8) is 0 Å². The van der Waals surface area contributed by atoms with Gasteiger partial charge in [-0.05, 0) is 58.8 Å². The number of hydrogen-bond acceptors (Lipinski definition) is 4. The summed E-state index contributed by atoms with van der Waals surface area (Å²) in [6.45, 7) is 0. The molecule has 0 saturated carbocycles. The van der Waals surface area contributed by atoms with Gasteiger partial charge in [-0.1, -0.05) is 60.7 Å². The molecule has 1 aliphatic heterocycles. The maximum Gasteiger partial charge on any atom is 0.269 e. The first-order valence-corrected chi connectivity index (χ1v) is 12.1. The van der Waals surface area contributed by atoms with E-state index in [-0.39, 0.29) is 15.8 Å². The van der Waals surface area contributed by atoms with Crippen molar-refractivity contribution in [2.75, 3.05) is 0 Å². The first-order valence-electron chi connectivity index (χ1n) is 10.9. The number of fused-ring (bicyclic) bond motifs is 1. The number of halogens is 2. The number of nitrogens with one attached hydrogen (secondary N) is 2. The first-order chi connectivity index (χ1) is 16.6. The first kappa shape index (κ1) is 22.3. The van der Waals surface area contributed by atoms with E-state index in [4.69, 9.17) is 4.99 Å². The van der Waals surface area contributed by atoms with Crippen LogP contribution < -0.4 is 5.43 Å². The van der Waals surface area contributed by atoms with Gasteiger partial charge in [0.1, 0.15) is 27.1 Å². The molecule has 8 heteroatoms. The summed E-state index contributed by atoms with van der Waals surface area (Å²) in [5.41, 5.74) is 6.87. The van der Waals surface area contributed by atoms with E-state index in [1.54, 1.807) is 35.3 Å². The Morgan fingerprint density at radius 3 is 2.38 bits per heavy atom. The van der Waals surface area contributed by atoms with Gasteiger partial charge in [-0.2, -0.15) is 5.10 Å². The van der Waals surface area contributed by atoms with E-state index in [0.29, 0.717) is 40.5 Å². The fraction of sp³-hybridized carbons (Fsp3) is 0.115. The fourth-order valence-electron chi connectivity index (χ4n) is 3.87. The Hall–Kier alpha value is -3.53. The molecular formula is C26H21FIN5O. The van der Waals surface area contributed by atoms with Crippen LogP contribution in [0.4, 0.5) is 10.1 Å². The Morgan fingerprint density at radius 1 is 0.971 bits per heavy atom. The number of nitrogens with zero attached hydrogens (tertiary/aromatic N) is 3. The number of alkyl halides is 1. The largest absolute Gasteiger partial charge is 0.277 e. The lowest BCUT2D eigenvalue weighted by molar-refractivity contribution is 0.0862. The molecule has 1 aromatic heterocycles. The highest BCUT2D eigenvalue weighted by Gasteiger charge is 2.33. The van der Waals surface area contributed by atoms with Gasteiger partial charge in [0.25, 0.3) is 5.91 Å². The molecule has 0 spiro atoms. The predicted molar refractivity (Wildman–Crippen MR) is 138 cm³/mol. The van der Waals surface area contributed by atoms with Crippen LogP contribution in [0, 0.1) is 5.82 Å². The van der Waals surface area contributed by atoms with E-state index in [1.807, 2.05) is 36.4 Å². The van der Waals surface area contributed by atoms with Gasteiger partial charge in [-0.25, -0.2) is 9.38 Å². The van der Waals surface area contributed by atoms with Crippen molar-refractivity contribution in [2.45, 2.75) is 16.9 Å². The number of carbonyl (C=O) groups excluding carboxylic acids is 1. The Labute approximate surface area is 210 Å². The molecule has 0 bridgehead atoms. The lowest BCUT2D eigenvalue weighted by Crippen LogP contribution is -2.48. The zero-order valence-electron chi connectivity index (χ0n) is 18.1. The van der Waals surface area contributed by atoms with Crippen molar-refractivity contribution < 1.29 is 9.18 Å². The maximum atomic E-state index is 14.6. The summed E-state index contributed by atoms with van der Waals surface area (Å²) in [5.74, 6) is 0.0913. The summed E-state index contributed by atoms with van der Waals surface area (Å²) in [4.78, 5) is 17.9. The SMILES string of the molecule is O=C(NN1C(CCc2ccccc2)=Nc2c(-c3ccccc3F)n[nH]c2C1I)c1ccccc1. The van der Waals surface area contributed by atoms with Gasteiger partial charge in [-0.15, -0.1) is 0 Å². The van der Waals surface area contributed by atoms with E-state index < -0.39 is 0 Å². The molecule has 0 saturated heterocycles. The minimum absolute atomic E-state index is 0.230. The van der Waals surface area contributed by atoms with Crippen molar-refractivity contribution in [1.29, 1.82) is 0 Å². The summed E-state index contributed by atoms with van der Waals surface area (Å²) in [5, 5.41) is 9.17. The predicted octanol–water partition coefficient (Wildman–Crippen LogP) is 5.97. The summed E-state index contributed by atoms with van der Waals surface area (Å²) < 4.78 is 14.2. The second-order valence-corrected chi connectivity index (χ2v) is 9.02. The van der Waals surface area contributed by atoms with Crippen LogP contribution in [0.15, 0.2) is 89.9 Å². The van der Waals surface area contributed by atoms with Gasteiger partial charge < -0.3 is 0 Å². The van der Waals surface area contributed by atoms with Gasteiger partial charge in [0.15, 0.2) is 0 Å². The molecule has 3 aromatic carbocycles. The number of amidine groups is 1. The number of amides is 1. The van der Waals surface area contributed by atoms with Crippen LogP contribution in [0.25, 0.3) is 11.3 Å². The third kappa shape index (κ3) is 4.45. The number of hydrogen-bond donors (Lipinski definition) is 2. The number of aliphatic imine (C=N–C) groups is 1. The van der Waals surface area contributed by atoms with Crippen molar-refractivity contribution in [3.05, 3.63) is 108 Å². The maximum absolute atomic E-state index is 14.6. The van der Waals surface area contributed by atoms with Gasteiger partial charge in [0, 0.05) is 17.5 Å². The van der Waals surface area contributed by atoms with Gasteiger partial charge >= 0.3 is 0 Å². The van der Waals surface area contributed by atoms with Crippen molar-refractivity contribution in [3.8, 4) is 11.3 Å². The number of H-pyrrole nitrogens is 1. The van der Waals surface area contributed by atoms with Crippen LogP contribution in [0.2, 0.25) is 0 Å². The zero-order valence-corrected chi connectivity index (χ0v) is 20.2. The Kier molecular flexibility index (Phi) is 6.39. The fourth-order valence-corrected chi connectivity index (χ4v) is 4.77. The number of hydrazine groups is 1. The Morgan fingerprint density at radius 2 is 1.65 bits per heavy atom. The second kappa shape index (κ2) is 9.76. The van der Waals surface area contributed by atoms with Crippen LogP contribution >= 0.6 is 22.6 Å². The van der Waals surface area contributed by atoms with Crippen LogP contribution in [0.1, 0.15) is 32.1 Å². The van der Waals surface area contributed by atoms with Crippen LogP contribution in [0.5, 0.6) is 0 Å². The molecule has 0 fully saturated rings. The van der Waals surface area contributed by atoms with Crippen LogP contribution in [-0.4, -0.2) is 26.9 Å². The number of benzene rings is 3. The highest BCUT2D eigenvalue weighted by Crippen LogP contribution is 2.43. The van der Waals surface area contributed by atoms with E-state index in [2.05, 4.69) is 50.3 Å². The van der Waals surface area contributed by atoms with E-state index in [1.165, 1.54) is 6.07 Å². The number of rotatable bonds is 6. The molecule has 34 heavy (non-hydrogen) atoms. The third-order valence-corrected chi connectivity index (χ3v) is 6.80. The lowest BCUT2D eigenvalue weighted by Gasteiger charge is -2.33. The molecule has 4 aromatic rings. The third-order valence-electron chi connectivity index (χ3n) is 5.62. The topological polar surface area (TPSA) is 73.4 Å². The molecule has 2 heterocycles. The summed E-state index contributed by atoms with van der Waals surface area (Å²) in [7, 11) is 0. The molecule has 1 atom stereocenters. The zero-order chi connectivity index (χ0) is 23.5. The van der Waals surface area contributed by atoms with Crippen LogP contribution in [-0.2, 0) is 6.42 Å². The van der Waals surface area contributed by atoms with Gasteiger partial charge in [0.05, 0.1) is 5.69 Å². The quantitative estimate of drug-likeness (QED) is 0.172. The molecule has 1 aliphatic rings. The average molecular weight is 565 g/mol. The minimum Gasteiger partial charge on any atom is -0.277 e. The normalized spacial score (nSPS) is 14.9. The highest BCUT2D eigenvalue weighted by molar-refractivity contribution is 14.1. The molecule has 1 unspecified atom stereocenters. The molecule has 5 rings (SSSR count). The van der Waals surface area contributed by atoms with Crippen molar-refractivity contribution in [1.82, 2.24) is 20.6 Å². The van der Waals surface area contributed by atoms with Crippen molar-refractivity contribution in [2.24, 2.45) is 4.99 Å². The Balaban J connectivity index is 1.51. The van der Waals surface area contributed by atoms with E-state index in [0.717, 1.165) is 12.0 Å². The smallest absolute Gasteiger partial charge is 0.269 e. The number of aryl methyl sites for hydroxylation is 1. The molecule has 1 amide bonds. The molecule has 0 radical (unpaired) electrons. The molecule has 0 aliphatic carbocycles. The second-order valence-electron chi connectivity index (χ2n) is 7.84. The molecule has 170 valence electrons. The van der Waals surface area contributed by atoms with Gasteiger partial charge in [-0.3, -0.25) is 20.3 Å². The minimum atomic E-state index is -0.359. The van der Waals surface area contributed by atoms with E-state index in [9.17, 15) is 9.18 Å². The number of aromatic nitrogens is 2. The number of carbonyl (C=O) groups is 1. The number of aromatic amines is 1. The van der Waals surface area contributed by atoms with Gasteiger partial charge in [0.2, 0.25) is 0 Å². The standard InChI is InChI=1S/C26H21FIN5O/c27-20-14-8-7-13-19(20)22-23-24(31-30-22)25(28)33(32-26(34)18-11-5-2-6-12-18)21(29-23)16-15-17-9-3-1-4-10-17/h1-14,25H,15-16H2,(H,30,31)(H,32,34). The lowest BCUT2D eigenvalue weighted by atomic mass is 10.1. The van der Waals surface area contributed by atoms with E-state index >= 15 is 0 Å². The highest BCUT2D eigenvalue weighted by atomic mass is 127. The molecule has 6 nitrogen and oxygen atoms in total. The average Bonchev–Trinajstić information content (AvgIpc) is 3.30. The molecule has 2 N–H and O–H groups in total. The summed E-state index contributed by atoms with van der Waals surface area (Å²) >= 11 is 2.24. The Bertz CT molecular complexity index is 1340. The van der Waals surface area contributed by atoms with Crippen molar-refractivity contribution >= 4 is 40.0 Å². The monoisotopic (exact) mass is 565 g/mol. The molecular weight excluding hydrogens is 544 g/mol. The summed E-state index contributed by atoms with van der Waals surface area (Å²) in [6.07, 6.45) is 1.32.